The summed E-state index contributed by atoms with van der Waals surface area (Å²) in [5, 5.41) is 13.5. The molecule has 0 radical (unpaired) electrons. The van der Waals surface area contributed by atoms with Gasteiger partial charge in [-0.3, -0.25) is 0 Å². The number of rotatable bonds is 1. The summed E-state index contributed by atoms with van der Waals surface area (Å²) in [6.45, 7) is 3.98. The minimum Gasteiger partial charge on any atom is -0.469 e. The Morgan fingerprint density at radius 3 is 2.71 bits per heavy atom. The number of aliphatic hydroxyl groups excluding tert-OH is 1. The molecule has 7 heteroatoms. The fourth-order valence-electron chi connectivity index (χ4n) is 2.43. The zero-order chi connectivity index (χ0) is 12.2. The molecule has 3 heterocycles. The van der Waals surface area contributed by atoms with Gasteiger partial charge < -0.3 is 29.4 Å². The van der Waals surface area contributed by atoms with Crippen molar-refractivity contribution in [3.63, 3.8) is 0 Å². The molecule has 0 unspecified atom stereocenters. The number of hydrogen-bond donors (Lipinski definition) is 2. The number of hydrogen-bond acceptors (Lipinski definition) is 6. The van der Waals surface area contributed by atoms with E-state index in [0.717, 1.165) is 0 Å². The van der Waals surface area contributed by atoms with Gasteiger partial charge in [-0.2, -0.15) is 0 Å². The van der Waals surface area contributed by atoms with Crippen LogP contribution in [-0.4, -0.2) is 53.3 Å². The normalized spacial score (nSPS) is 47.7. The van der Waals surface area contributed by atoms with Crippen molar-refractivity contribution in [2.75, 3.05) is 6.61 Å². The van der Waals surface area contributed by atoms with E-state index in [9.17, 15) is 5.11 Å². The lowest BCUT2D eigenvalue weighted by Crippen LogP contribution is -2.46. The fraction of sp³-hybridized carbons (Fsp3) is 0.900. The number of thiocarbonyl (C=S) groups is 1. The van der Waals surface area contributed by atoms with Crippen molar-refractivity contribution in [2.45, 2.75) is 50.3 Å². The standard InChI is InChI=1S/C10H15NO5S/c1-10(2)15-7-5(12)6(14-8(7)16-10)4-3-13-9(17)11-4/h4-8,12H,3H2,1-2H3,(H,11,17)/t4-,5-,6+,7+,8+/m0/s1. The van der Waals surface area contributed by atoms with Crippen LogP contribution in [0.2, 0.25) is 0 Å². The zero-order valence-electron chi connectivity index (χ0n) is 9.58. The largest absolute Gasteiger partial charge is 0.469 e. The molecule has 96 valence electrons. The molecule has 0 aromatic rings. The molecule has 0 spiro atoms. The summed E-state index contributed by atoms with van der Waals surface area (Å²) >= 11 is 4.87. The summed E-state index contributed by atoms with van der Waals surface area (Å²) < 4.78 is 22.0. The van der Waals surface area contributed by atoms with Gasteiger partial charge in [0, 0.05) is 0 Å². The van der Waals surface area contributed by atoms with Crippen LogP contribution in [0.4, 0.5) is 0 Å². The molecule has 0 amide bonds. The van der Waals surface area contributed by atoms with E-state index in [1.807, 2.05) is 0 Å². The van der Waals surface area contributed by atoms with Crippen LogP contribution < -0.4 is 5.32 Å². The van der Waals surface area contributed by atoms with Crippen molar-refractivity contribution in [2.24, 2.45) is 0 Å². The molecule has 2 N–H and O–H groups in total. The van der Waals surface area contributed by atoms with Crippen molar-refractivity contribution in [3.05, 3.63) is 0 Å². The third-order valence-corrected chi connectivity index (χ3v) is 3.38. The Morgan fingerprint density at radius 2 is 2.12 bits per heavy atom. The van der Waals surface area contributed by atoms with Gasteiger partial charge in [-0.05, 0) is 26.1 Å². The molecule has 5 atom stereocenters. The maximum atomic E-state index is 10.2. The summed E-state index contributed by atoms with van der Waals surface area (Å²) in [5.41, 5.74) is 0. The maximum Gasteiger partial charge on any atom is 0.257 e. The van der Waals surface area contributed by atoms with E-state index >= 15 is 0 Å². The monoisotopic (exact) mass is 261 g/mol. The SMILES string of the molecule is CC1(C)O[C@H]2O[C@H]([C@@H]3COC(=S)N3)[C@H](O)[C@H]2O1. The summed E-state index contributed by atoms with van der Waals surface area (Å²) in [5.74, 6) is -0.712. The minimum absolute atomic E-state index is 0.154. The summed E-state index contributed by atoms with van der Waals surface area (Å²) in [7, 11) is 0. The summed E-state index contributed by atoms with van der Waals surface area (Å²) in [4.78, 5) is 0. The van der Waals surface area contributed by atoms with Gasteiger partial charge in [-0.15, -0.1) is 0 Å². The first kappa shape index (κ1) is 11.6. The van der Waals surface area contributed by atoms with Crippen LogP contribution in [0.5, 0.6) is 0 Å². The van der Waals surface area contributed by atoms with Gasteiger partial charge in [0.15, 0.2) is 12.1 Å². The smallest absolute Gasteiger partial charge is 0.257 e. The molecule has 0 aromatic carbocycles. The molecule has 17 heavy (non-hydrogen) atoms. The third-order valence-electron chi connectivity index (χ3n) is 3.15. The van der Waals surface area contributed by atoms with Gasteiger partial charge in [0.2, 0.25) is 0 Å². The number of fused-ring (bicyclic) bond motifs is 1. The molecular weight excluding hydrogens is 246 g/mol. The Bertz CT molecular complexity index is 350. The topological polar surface area (TPSA) is 69.2 Å². The quantitative estimate of drug-likeness (QED) is 0.616. The van der Waals surface area contributed by atoms with Gasteiger partial charge in [0.1, 0.15) is 24.9 Å². The highest BCUT2D eigenvalue weighted by atomic mass is 32.1. The Hall–Kier alpha value is -0.470. The van der Waals surface area contributed by atoms with Crippen LogP contribution >= 0.6 is 12.2 Å². The second-order valence-electron chi connectivity index (χ2n) is 4.91. The van der Waals surface area contributed by atoms with E-state index in [4.69, 9.17) is 31.2 Å². The van der Waals surface area contributed by atoms with Gasteiger partial charge >= 0.3 is 0 Å². The summed E-state index contributed by atoms with van der Waals surface area (Å²) in [6, 6.07) is -0.154. The molecular formula is C10H15NO5S. The van der Waals surface area contributed by atoms with E-state index in [2.05, 4.69) is 5.32 Å². The summed E-state index contributed by atoms with van der Waals surface area (Å²) in [6.07, 6.45) is -2.16. The van der Waals surface area contributed by atoms with Gasteiger partial charge in [0.25, 0.3) is 5.17 Å². The van der Waals surface area contributed by atoms with Gasteiger partial charge in [-0.25, -0.2) is 0 Å². The van der Waals surface area contributed by atoms with E-state index in [1.54, 1.807) is 13.8 Å². The first-order valence-corrected chi connectivity index (χ1v) is 5.99. The Kier molecular flexibility index (Phi) is 2.57. The van der Waals surface area contributed by atoms with E-state index in [0.29, 0.717) is 11.8 Å². The van der Waals surface area contributed by atoms with E-state index in [1.165, 1.54) is 0 Å². The molecule has 0 aromatic heterocycles. The second kappa shape index (κ2) is 3.76. The fourth-order valence-corrected chi connectivity index (χ4v) is 2.65. The third kappa shape index (κ3) is 1.92. The highest BCUT2D eigenvalue weighted by Crippen LogP contribution is 2.38. The van der Waals surface area contributed by atoms with Crippen molar-refractivity contribution >= 4 is 17.4 Å². The minimum atomic E-state index is -0.747. The molecule has 3 aliphatic rings. The number of aliphatic hydroxyl groups is 1. The molecule has 6 nitrogen and oxygen atoms in total. The molecule has 0 saturated carbocycles. The Morgan fingerprint density at radius 1 is 1.35 bits per heavy atom. The highest BCUT2D eigenvalue weighted by Gasteiger charge is 2.56. The average molecular weight is 261 g/mol. The number of nitrogens with one attached hydrogen (secondary N) is 1. The van der Waals surface area contributed by atoms with Crippen LogP contribution in [-0.2, 0) is 18.9 Å². The van der Waals surface area contributed by atoms with Crippen molar-refractivity contribution in [1.29, 1.82) is 0 Å². The molecule has 3 fully saturated rings. The molecule has 3 rings (SSSR count). The van der Waals surface area contributed by atoms with Crippen LogP contribution in [0.3, 0.4) is 0 Å². The van der Waals surface area contributed by atoms with Crippen molar-refractivity contribution < 1.29 is 24.1 Å². The lowest BCUT2D eigenvalue weighted by molar-refractivity contribution is -0.217. The first-order valence-electron chi connectivity index (χ1n) is 5.59. The van der Waals surface area contributed by atoms with Crippen LogP contribution in [0, 0.1) is 0 Å². The maximum absolute atomic E-state index is 10.2. The predicted molar refractivity (Wildman–Crippen MR) is 60.2 cm³/mol. The zero-order valence-corrected chi connectivity index (χ0v) is 10.4. The van der Waals surface area contributed by atoms with Crippen LogP contribution in [0.1, 0.15) is 13.8 Å². The lowest BCUT2D eigenvalue weighted by atomic mass is 10.0. The second-order valence-corrected chi connectivity index (χ2v) is 5.28. The molecule has 0 aliphatic carbocycles. The molecule has 0 bridgehead atoms. The average Bonchev–Trinajstić information content (AvgIpc) is 2.83. The highest BCUT2D eigenvalue weighted by molar-refractivity contribution is 7.80. The van der Waals surface area contributed by atoms with Crippen LogP contribution in [0.15, 0.2) is 0 Å². The van der Waals surface area contributed by atoms with Gasteiger partial charge in [-0.1, -0.05) is 0 Å². The van der Waals surface area contributed by atoms with E-state index in [-0.39, 0.29) is 6.04 Å². The predicted octanol–water partition coefficient (Wildman–Crippen LogP) is -0.503. The van der Waals surface area contributed by atoms with Crippen molar-refractivity contribution in [1.82, 2.24) is 5.32 Å². The first-order chi connectivity index (χ1) is 7.96. The molecule has 3 aliphatic heterocycles. The van der Waals surface area contributed by atoms with Crippen LogP contribution in [0.25, 0.3) is 0 Å². The Labute approximate surface area is 104 Å². The molecule has 3 saturated heterocycles. The number of ether oxygens (including phenoxy) is 4. The Balaban J connectivity index is 1.70. The lowest BCUT2D eigenvalue weighted by Gasteiger charge is -2.25. The van der Waals surface area contributed by atoms with Crippen molar-refractivity contribution in [3.8, 4) is 0 Å². The van der Waals surface area contributed by atoms with Gasteiger partial charge in [0.05, 0.1) is 6.04 Å². The van der Waals surface area contributed by atoms with E-state index < -0.39 is 30.4 Å².